The molecule has 1 amide bonds. The van der Waals surface area contributed by atoms with Crippen LogP contribution in [0.5, 0.6) is 11.5 Å². The number of anilines is 1. The van der Waals surface area contributed by atoms with Crippen LogP contribution in [0.25, 0.3) is 0 Å². The molecule has 0 fully saturated rings. The van der Waals surface area contributed by atoms with Gasteiger partial charge in [0.15, 0.2) is 11.5 Å². The van der Waals surface area contributed by atoms with Crippen molar-refractivity contribution in [2.24, 2.45) is 0 Å². The number of hydrogen-bond donors (Lipinski definition) is 1. The van der Waals surface area contributed by atoms with Crippen LogP contribution in [0.15, 0.2) is 42.5 Å². The van der Waals surface area contributed by atoms with Gasteiger partial charge in [-0.15, -0.1) is 0 Å². The number of halogens is 1. The number of ether oxygens (including phenoxy) is 2. The van der Waals surface area contributed by atoms with Crippen molar-refractivity contribution in [2.75, 3.05) is 19.5 Å². The molecule has 23 heavy (non-hydrogen) atoms. The van der Waals surface area contributed by atoms with Crippen LogP contribution in [-0.4, -0.2) is 20.1 Å². The minimum atomic E-state index is -0.873. The summed E-state index contributed by atoms with van der Waals surface area (Å²) in [7, 11) is 3.08. The second-order valence-corrected chi connectivity index (χ2v) is 5.63. The molecule has 0 saturated heterocycles. The van der Waals surface area contributed by atoms with Crippen molar-refractivity contribution in [1.82, 2.24) is 0 Å². The summed E-state index contributed by atoms with van der Waals surface area (Å²) < 4.78 is 24.2. The molecular weight excluding hydrogens is 297 g/mol. The minimum Gasteiger partial charge on any atom is -0.493 e. The van der Waals surface area contributed by atoms with E-state index in [1.807, 2.05) is 0 Å². The van der Waals surface area contributed by atoms with Gasteiger partial charge >= 0.3 is 0 Å². The Morgan fingerprint density at radius 1 is 1.04 bits per heavy atom. The lowest BCUT2D eigenvalue weighted by Gasteiger charge is -2.25. The molecule has 2 rings (SSSR count). The van der Waals surface area contributed by atoms with Crippen LogP contribution < -0.4 is 14.8 Å². The summed E-state index contributed by atoms with van der Waals surface area (Å²) in [4.78, 5) is 12.6. The van der Waals surface area contributed by atoms with Crippen LogP contribution in [0.2, 0.25) is 0 Å². The lowest BCUT2D eigenvalue weighted by molar-refractivity contribution is -0.120. The first kappa shape index (κ1) is 16.8. The quantitative estimate of drug-likeness (QED) is 0.913. The Kier molecular flexibility index (Phi) is 4.89. The number of benzene rings is 2. The van der Waals surface area contributed by atoms with Gasteiger partial charge in [0.1, 0.15) is 5.82 Å². The Morgan fingerprint density at radius 2 is 1.70 bits per heavy atom. The van der Waals surface area contributed by atoms with Gasteiger partial charge < -0.3 is 14.8 Å². The summed E-state index contributed by atoms with van der Waals surface area (Å²) in [5.41, 5.74) is 0.0250. The zero-order valence-electron chi connectivity index (χ0n) is 13.6. The summed E-state index contributed by atoms with van der Waals surface area (Å²) in [5, 5.41) is 2.63. The van der Waals surface area contributed by atoms with Crippen molar-refractivity contribution in [3.8, 4) is 11.5 Å². The molecular formula is C18H20FNO3. The largest absolute Gasteiger partial charge is 0.493 e. The topological polar surface area (TPSA) is 47.6 Å². The van der Waals surface area contributed by atoms with Crippen LogP contribution in [-0.2, 0) is 10.2 Å². The predicted molar refractivity (Wildman–Crippen MR) is 87.6 cm³/mol. The van der Waals surface area contributed by atoms with E-state index in [1.54, 1.807) is 51.3 Å². The van der Waals surface area contributed by atoms with Gasteiger partial charge in [-0.3, -0.25) is 4.79 Å². The third-order valence-electron chi connectivity index (χ3n) is 3.79. The highest BCUT2D eigenvalue weighted by Gasteiger charge is 2.31. The van der Waals surface area contributed by atoms with Crippen LogP contribution in [0.3, 0.4) is 0 Å². The molecule has 2 aromatic carbocycles. The molecule has 0 saturated carbocycles. The smallest absolute Gasteiger partial charge is 0.234 e. The molecule has 0 unspecified atom stereocenters. The van der Waals surface area contributed by atoms with Gasteiger partial charge in [-0.25, -0.2) is 4.39 Å². The van der Waals surface area contributed by atoms with Crippen molar-refractivity contribution in [3.63, 3.8) is 0 Å². The first-order valence-electron chi connectivity index (χ1n) is 7.18. The Balaban J connectivity index is 2.30. The molecule has 0 heterocycles. The Labute approximate surface area is 135 Å². The highest BCUT2D eigenvalue weighted by Crippen LogP contribution is 2.34. The Hall–Kier alpha value is -2.56. The summed E-state index contributed by atoms with van der Waals surface area (Å²) in [6.45, 7) is 3.54. The Morgan fingerprint density at radius 3 is 2.30 bits per heavy atom. The van der Waals surface area contributed by atoms with Crippen LogP contribution in [0, 0.1) is 5.82 Å². The summed E-state index contributed by atoms with van der Waals surface area (Å²) in [6.07, 6.45) is 0. The van der Waals surface area contributed by atoms with Gasteiger partial charge in [-0.05, 0) is 43.7 Å². The van der Waals surface area contributed by atoms with Gasteiger partial charge in [-0.1, -0.05) is 18.2 Å². The third kappa shape index (κ3) is 3.44. The lowest BCUT2D eigenvalue weighted by Crippen LogP contribution is -2.35. The normalized spacial score (nSPS) is 11.0. The second kappa shape index (κ2) is 6.69. The van der Waals surface area contributed by atoms with E-state index in [2.05, 4.69) is 5.32 Å². The molecule has 0 aromatic heterocycles. The van der Waals surface area contributed by atoms with Crippen LogP contribution in [0.1, 0.15) is 19.4 Å². The fourth-order valence-electron chi connectivity index (χ4n) is 2.20. The molecule has 0 aliphatic carbocycles. The number of rotatable bonds is 5. The number of carbonyl (C=O) groups is 1. The van der Waals surface area contributed by atoms with E-state index in [1.165, 1.54) is 19.2 Å². The molecule has 122 valence electrons. The zero-order chi connectivity index (χ0) is 17.0. The first-order chi connectivity index (χ1) is 10.9. The Bertz CT molecular complexity index is 713. The average Bonchev–Trinajstić information content (AvgIpc) is 2.56. The minimum absolute atomic E-state index is 0.158. The molecule has 4 nitrogen and oxygen atoms in total. The molecule has 5 heteroatoms. The maximum absolute atomic E-state index is 13.7. The van der Waals surface area contributed by atoms with Crippen LogP contribution in [0.4, 0.5) is 10.1 Å². The van der Waals surface area contributed by atoms with Gasteiger partial charge in [0.05, 0.1) is 25.3 Å². The van der Waals surface area contributed by atoms with Gasteiger partial charge in [-0.2, -0.15) is 0 Å². The van der Waals surface area contributed by atoms with E-state index < -0.39 is 11.2 Å². The average molecular weight is 317 g/mol. The van der Waals surface area contributed by atoms with Gasteiger partial charge in [0, 0.05) is 0 Å². The summed E-state index contributed by atoms with van der Waals surface area (Å²) in [5.74, 6) is 0.345. The predicted octanol–water partition coefficient (Wildman–Crippen LogP) is 3.76. The highest BCUT2D eigenvalue weighted by atomic mass is 19.1. The van der Waals surface area contributed by atoms with E-state index >= 15 is 0 Å². The summed E-state index contributed by atoms with van der Waals surface area (Å²) in [6, 6.07) is 11.4. The van der Waals surface area contributed by atoms with Crippen molar-refractivity contribution < 1.29 is 18.7 Å². The van der Waals surface area contributed by atoms with Crippen molar-refractivity contribution >= 4 is 11.6 Å². The van der Waals surface area contributed by atoms with Crippen LogP contribution >= 0.6 is 0 Å². The number of hydrogen-bond acceptors (Lipinski definition) is 3. The fraction of sp³-hybridized carbons (Fsp3) is 0.278. The van der Waals surface area contributed by atoms with E-state index in [9.17, 15) is 9.18 Å². The molecule has 0 spiro atoms. The molecule has 0 aliphatic heterocycles. The zero-order valence-corrected chi connectivity index (χ0v) is 13.6. The number of carbonyl (C=O) groups excluding carboxylic acids is 1. The molecule has 0 radical (unpaired) electrons. The molecule has 0 aliphatic rings. The van der Waals surface area contributed by atoms with Gasteiger partial charge in [0.25, 0.3) is 0 Å². The number of nitrogens with one attached hydrogen (secondary N) is 1. The van der Waals surface area contributed by atoms with E-state index in [4.69, 9.17) is 9.47 Å². The van der Waals surface area contributed by atoms with E-state index in [0.717, 1.165) is 5.56 Å². The highest BCUT2D eigenvalue weighted by molar-refractivity contribution is 5.98. The van der Waals surface area contributed by atoms with E-state index in [0.29, 0.717) is 11.5 Å². The molecule has 2 aromatic rings. The second-order valence-electron chi connectivity index (χ2n) is 5.63. The molecule has 1 N–H and O–H groups in total. The molecule has 0 atom stereocenters. The van der Waals surface area contributed by atoms with Crippen molar-refractivity contribution in [2.45, 2.75) is 19.3 Å². The maximum atomic E-state index is 13.7. The third-order valence-corrected chi connectivity index (χ3v) is 3.79. The van der Waals surface area contributed by atoms with E-state index in [-0.39, 0.29) is 11.6 Å². The number of para-hydroxylation sites is 1. The number of methoxy groups -OCH3 is 2. The maximum Gasteiger partial charge on any atom is 0.234 e. The SMILES string of the molecule is COc1ccc(C(C)(C)C(=O)Nc2ccccc2F)cc1OC. The van der Waals surface area contributed by atoms with Gasteiger partial charge in [0.2, 0.25) is 5.91 Å². The monoisotopic (exact) mass is 317 g/mol. The first-order valence-corrected chi connectivity index (χ1v) is 7.18. The van der Waals surface area contributed by atoms with Crippen molar-refractivity contribution in [3.05, 3.63) is 53.8 Å². The lowest BCUT2D eigenvalue weighted by atomic mass is 9.83. The molecule has 0 bridgehead atoms. The number of amides is 1. The standard InChI is InChI=1S/C18H20FNO3/c1-18(2,12-9-10-15(22-3)16(11-12)23-4)17(21)20-14-8-6-5-7-13(14)19/h5-11H,1-4H3,(H,20,21). The summed E-state index contributed by atoms with van der Waals surface area (Å²) >= 11 is 0. The van der Waals surface area contributed by atoms with Crippen molar-refractivity contribution in [1.29, 1.82) is 0 Å². The fourth-order valence-corrected chi connectivity index (χ4v) is 2.20.